The molecule has 0 aliphatic carbocycles. The molecular weight excluding hydrogens is 180 g/mol. The number of nitrogens with zero attached hydrogens (tertiary/aromatic N) is 1. The number of rotatable bonds is 2. The molecule has 1 aromatic heterocycles. The summed E-state index contributed by atoms with van der Waals surface area (Å²) in [5.41, 5.74) is 3.48. The van der Waals surface area contributed by atoms with E-state index in [1.165, 1.54) is 5.56 Å². The quantitative estimate of drug-likeness (QED) is 0.703. The van der Waals surface area contributed by atoms with Crippen LogP contribution in [0.15, 0.2) is 18.2 Å². The van der Waals surface area contributed by atoms with Crippen LogP contribution in [-0.4, -0.2) is 9.97 Å². The van der Waals surface area contributed by atoms with Crippen molar-refractivity contribution in [2.45, 2.75) is 19.1 Å². The molecule has 0 aliphatic rings. The molecule has 0 radical (unpaired) electrons. The van der Waals surface area contributed by atoms with E-state index in [4.69, 9.17) is 0 Å². The van der Waals surface area contributed by atoms with Crippen LogP contribution in [0.1, 0.15) is 18.3 Å². The third-order valence-corrected chi connectivity index (χ3v) is 2.45. The van der Waals surface area contributed by atoms with E-state index in [2.05, 4.69) is 47.7 Å². The number of benzene rings is 1. The SMILES string of the molecule is CCc1ccc2nc(CS)[nH]c2c1. The van der Waals surface area contributed by atoms with Gasteiger partial charge in [-0.15, -0.1) is 0 Å². The number of hydrogen-bond acceptors (Lipinski definition) is 2. The van der Waals surface area contributed by atoms with Crippen molar-refractivity contribution >= 4 is 23.7 Å². The van der Waals surface area contributed by atoms with E-state index in [9.17, 15) is 0 Å². The lowest BCUT2D eigenvalue weighted by molar-refractivity contribution is 1.14. The third-order valence-electron chi connectivity index (χ3n) is 2.15. The maximum absolute atomic E-state index is 4.37. The number of fused-ring (bicyclic) bond motifs is 1. The molecular formula is C10H12N2S. The van der Waals surface area contributed by atoms with Crippen LogP contribution >= 0.6 is 12.6 Å². The largest absolute Gasteiger partial charge is 0.341 e. The Bertz CT molecular complexity index is 418. The molecule has 2 rings (SSSR count). The molecule has 0 fully saturated rings. The first kappa shape index (κ1) is 8.63. The monoisotopic (exact) mass is 192 g/mol. The number of aromatic nitrogens is 2. The average molecular weight is 192 g/mol. The smallest absolute Gasteiger partial charge is 0.116 e. The van der Waals surface area contributed by atoms with Gasteiger partial charge in [0, 0.05) is 5.75 Å². The van der Waals surface area contributed by atoms with Gasteiger partial charge in [-0.3, -0.25) is 0 Å². The normalized spacial score (nSPS) is 10.9. The van der Waals surface area contributed by atoms with Crippen molar-refractivity contribution < 1.29 is 0 Å². The van der Waals surface area contributed by atoms with E-state index in [0.29, 0.717) is 5.75 Å². The molecule has 13 heavy (non-hydrogen) atoms. The fraction of sp³-hybridized carbons (Fsp3) is 0.300. The Hall–Kier alpha value is -0.960. The Morgan fingerprint density at radius 2 is 2.31 bits per heavy atom. The standard InChI is InChI=1S/C10H12N2S/c1-2-7-3-4-8-9(5-7)12-10(6-13)11-8/h3-5,13H,2,6H2,1H3,(H,11,12). The van der Waals surface area contributed by atoms with Crippen molar-refractivity contribution in [2.75, 3.05) is 0 Å². The molecule has 0 bridgehead atoms. The molecule has 68 valence electrons. The zero-order valence-corrected chi connectivity index (χ0v) is 8.44. The molecule has 2 aromatic rings. The molecule has 0 atom stereocenters. The second kappa shape index (κ2) is 3.42. The van der Waals surface area contributed by atoms with Crippen molar-refractivity contribution in [1.29, 1.82) is 0 Å². The molecule has 3 heteroatoms. The molecule has 0 saturated heterocycles. The molecule has 1 aromatic carbocycles. The van der Waals surface area contributed by atoms with Gasteiger partial charge in [-0.2, -0.15) is 12.6 Å². The van der Waals surface area contributed by atoms with E-state index in [1.807, 2.05) is 0 Å². The van der Waals surface area contributed by atoms with Crippen LogP contribution in [0.3, 0.4) is 0 Å². The summed E-state index contributed by atoms with van der Waals surface area (Å²) in [5.74, 6) is 1.60. The first-order valence-corrected chi connectivity index (χ1v) is 5.05. The summed E-state index contributed by atoms with van der Waals surface area (Å²) in [6.07, 6.45) is 1.06. The van der Waals surface area contributed by atoms with Gasteiger partial charge in [-0.05, 0) is 24.1 Å². The number of imidazole rings is 1. The zero-order valence-electron chi connectivity index (χ0n) is 7.54. The van der Waals surface area contributed by atoms with Gasteiger partial charge >= 0.3 is 0 Å². The van der Waals surface area contributed by atoms with Gasteiger partial charge in [-0.1, -0.05) is 13.0 Å². The van der Waals surface area contributed by atoms with Gasteiger partial charge in [0.15, 0.2) is 0 Å². The molecule has 0 saturated carbocycles. The Labute approximate surface area is 82.8 Å². The first-order chi connectivity index (χ1) is 6.33. The van der Waals surface area contributed by atoms with E-state index < -0.39 is 0 Å². The minimum absolute atomic E-state index is 0.663. The minimum Gasteiger partial charge on any atom is -0.341 e. The minimum atomic E-state index is 0.663. The van der Waals surface area contributed by atoms with Crippen LogP contribution in [0.25, 0.3) is 11.0 Å². The van der Waals surface area contributed by atoms with Gasteiger partial charge in [0.2, 0.25) is 0 Å². The lowest BCUT2D eigenvalue weighted by Gasteiger charge is -1.93. The molecule has 1 heterocycles. The van der Waals surface area contributed by atoms with Crippen LogP contribution < -0.4 is 0 Å². The van der Waals surface area contributed by atoms with Gasteiger partial charge in [0.05, 0.1) is 11.0 Å². The van der Waals surface area contributed by atoms with Gasteiger partial charge in [0.25, 0.3) is 0 Å². The summed E-state index contributed by atoms with van der Waals surface area (Å²) >= 11 is 4.18. The molecule has 0 amide bonds. The van der Waals surface area contributed by atoms with Crippen molar-refractivity contribution in [2.24, 2.45) is 0 Å². The molecule has 0 unspecified atom stereocenters. The summed E-state index contributed by atoms with van der Waals surface area (Å²) in [5, 5.41) is 0. The fourth-order valence-corrected chi connectivity index (χ4v) is 1.55. The Balaban J connectivity index is 2.57. The number of aryl methyl sites for hydroxylation is 1. The van der Waals surface area contributed by atoms with E-state index >= 15 is 0 Å². The Morgan fingerprint density at radius 3 is 3.00 bits per heavy atom. The second-order valence-electron chi connectivity index (χ2n) is 3.05. The molecule has 0 aliphatic heterocycles. The highest BCUT2D eigenvalue weighted by Crippen LogP contribution is 2.14. The van der Waals surface area contributed by atoms with Crippen molar-refractivity contribution in [3.8, 4) is 0 Å². The summed E-state index contributed by atoms with van der Waals surface area (Å²) in [7, 11) is 0. The summed E-state index contributed by atoms with van der Waals surface area (Å²) < 4.78 is 0. The van der Waals surface area contributed by atoms with E-state index in [-0.39, 0.29) is 0 Å². The van der Waals surface area contributed by atoms with Gasteiger partial charge < -0.3 is 4.98 Å². The number of nitrogens with one attached hydrogen (secondary N) is 1. The van der Waals surface area contributed by atoms with Crippen LogP contribution in [0.5, 0.6) is 0 Å². The fourth-order valence-electron chi connectivity index (χ4n) is 1.40. The van der Waals surface area contributed by atoms with Crippen molar-refractivity contribution in [3.05, 3.63) is 29.6 Å². The number of aromatic amines is 1. The maximum atomic E-state index is 4.37. The Kier molecular flexibility index (Phi) is 2.27. The molecule has 0 spiro atoms. The van der Waals surface area contributed by atoms with E-state index in [1.54, 1.807) is 0 Å². The molecule has 2 nitrogen and oxygen atoms in total. The second-order valence-corrected chi connectivity index (χ2v) is 3.36. The first-order valence-electron chi connectivity index (χ1n) is 4.42. The van der Waals surface area contributed by atoms with E-state index in [0.717, 1.165) is 23.3 Å². The topological polar surface area (TPSA) is 28.7 Å². The summed E-state index contributed by atoms with van der Waals surface area (Å²) in [4.78, 5) is 7.61. The highest BCUT2D eigenvalue weighted by Gasteiger charge is 2.00. The van der Waals surface area contributed by atoms with Crippen molar-refractivity contribution in [1.82, 2.24) is 9.97 Å². The highest BCUT2D eigenvalue weighted by molar-refractivity contribution is 7.79. The summed E-state index contributed by atoms with van der Waals surface area (Å²) in [6.45, 7) is 2.15. The average Bonchev–Trinajstić information content (AvgIpc) is 2.58. The zero-order chi connectivity index (χ0) is 9.26. The van der Waals surface area contributed by atoms with Crippen LogP contribution in [0.4, 0.5) is 0 Å². The highest BCUT2D eigenvalue weighted by atomic mass is 32.1. The van der Waals surface area contributed by atoms with Gasteiger partial charge in [0.1, 0.15) is 5.82 Å². The predicted molar refractivity (Wildman–Crippen MR) is 58.2 cm³/mol. The molecule has 1 N–H and O–H groups in total. The van der Waals surface area contributed by atoms with Crippen LogP contribution in [0.2, 0.25) is 0 Å². The maximum Gasteiger partial charge on any atom is 0.116 e. The van der Waals surface area contributed by atoms with Crippen LogP contribution in [0, 0.1) is 0 Å². The van der Waals surface area contributed by atoms with Gasteiger partial charge in [-0.25, -0.2) is 4.98 Å². The lowest BCUT2D eigenvalue weighted by Crippen LogP contribution is -1.78. The number of hydrogen-bond donors (Lipinski definition) is 2. The predicted octanol–water partition coefficient (Wildman–Crippen LogP) is 2.56. The third kappa shape index (κ3) is 1.56. The van der Waals surface area contributed by atoms with Crippen molar-refractivity contribution in [3.63, 3.8) is 0 Å². The lowest BCUT2D eigenvalue weighted by atomic mass is 10.1. The number of thiol groups is 1. The summed E-state index contributed by atoms with van der Waals surface area (Å²) in [6, 6.07) is 6.32. The van der Waals surface area contributed by atoms with Crippen LogP contribution in [-0.2, 0) is 12.2 Å². The Morgan fingerprint density at radius 1 is 1.46 bits per heavy atom. The number of H-pyrrole nitrogens is 1.